The van der Waals surface area contributed by atoms with Gasteiger partial charge in [0.05, 0.1) is 32.6 Å². The molecule has 0 bridgehead atoms. The summed E-state index contributed by atoms with van der Waals surface area (Å²) < 4.78 is 11.8. The summed E-state index contributed by atoms with van der Waals surface area (Å²) in [6.45, 7) is 1.98. The predicted octanol–water partition coefficient (Wildman–Crippen LogP) is 4.52. The number of amides is 1. The lowest BCUT2D eigenvalue weighted by atomic mass is 10.0. The zero-order valence-electron chi connectivity index (χ0n) is 14.0. The smallest absolute Gasteiger partial charge is 0.236 e. The van der Waals surface area contributed by atoms with Crippen LogP contribution in [0.5, 0.6) is 0 Å². The zero-order valence-corrected chi connectivity index (χ0v) is 14.8. The van der Waals surface area contributed by atoms with Crippen LogP contribution in [0.2, 0.25) is 0 Å². The SMILES string of the molecule is Cc1nc2cc(NC(=O)C3(c4cc(-c5ccco5)on4)CC3)ccc2s1. The van der Waals surface area contributed by atoms with Crippen LogP contribution in [0.4, 0.5) is 5.69 Å². The maximum atomic E-state index is 12.9. The van der Waals surface area contributed by atoms with E-state index in [0.29, 0.717) is 17.2 Å². The third-order valence-electron chi connectivity index (χ3n) is 4.70. The van der Waals surface area contributed by atoms with Gasteiger partial charge in [-0.05, 0) is 50.1 Å². The molecule has 3 aromatic heterocycles. The molecule has 1 fully saturated rings. The Labute approximate surface area is 152 Å². The van der Waals surface area contributed by atoms with Crippen molar-refractivity contribution in [1.82, 2.24) is 10.1 Å². The number of benzene rings is 1. The van der Waals surface area contributed by atoms with E-state index in [1.807, 2.05) is 25.1 Å². The summed E-state index contributed by atoms with van der Waals surface area (Å²) in [4.78, 5) is 17.4. The van der Waals surface area contributed by atoms with Crippen molar-refractivity contribution < 1.29 is 13.7 Å². The van der Waals surface area contributed by atoms with Crippen LogP contribution in [0.3, 0.4) is 0 Å². The highest BCUT2D eigenvalue weighted by atomic mass is 32.1. The Kier molecular flexibility index (Phi) is 3.27. The molecule has 1 aliphatic carbocycles. The molecule has 7 heteroatoms. The van der Waals surface area contributed by atoms with Crippen LogP contribution in [0, 0.1) is 6.92 Å². The van der Waals surface area contributed by atoms with Crippen LogP contribution in [-0.4, -0.2) is 16.0 Å². The minimum absolute atomic E-state index is 0.0666. The summed E-state index contributed by atoms with van der Waals surface area (Å²) >= 11 is 1.64. The number of thiazole rings is 1. The van der Waals surface area contributed by atoms with E-state index in [1.165, 1.54) is 0 Å². The van der Waals surface area contributed by atoms with E-state index in [9.17, 15) is 4.79 Å². The lowest BCUT2D eigenvalue weighted by molar-refractivity contribution is -0.118. The van der Waals surface area contributed by atoms with Gasteiger partial charge in [0.25, 0.3) is 0 Å². The second-order valence-corrected chi connectivity index (χ2v) is 7.74. The van der Waals surface area contributed by atoms with Gasteiger partial charge in [0.2, 0.25) is 11.7 Å². The van der Waals surface area contributed by atoms with Gasteiger partial charge in [0, 0.05) is 11.8 Å². The molecule has 0 spiro atoms. The Morgan fingerprint density at radius 2 is 2.12 bits per heavy atom. The molecule has 0 aliphatic heterocycles. The second-order valence-electron chi connectivity index (χ2n) is 6.51. The van der Waals surface area contributed by atoms with Gasteiger partial charge in [-0.15, -0.1) is 11.3 Å². The topological polar surface area (TPSA) is 81.2 Å². The van der Waals surface area contributed by atoms with E-state index in [4.69, 9.17) is 8.94 Å². The monoisotopic (exact) mass is 365 g/mol. The third-order valence-corrected chi connectivity index (χ3v) is 5.65. The number of carbonyl (C=O) groups is 1. The van der Waals surface area contributed by atoms with Crippen molar-refractivity contribution in [2.75, 3.05) is 5.32 Å². The molecular formula is C19H15N3O3S. The molecular weight excluding hydrogens is 350 g/mol. The van der Waals surface area contributed by atoms with Crippen molar-refractivity contribution in [3.05, 3.63) is 53.4 Å². The number of aromatic nitrogens is 2. The first kappa shape index (κ1) is 15.3. The normalized spacial score (nSPS) is 15.3. The first-order valence-electron chi connectivity index (χ1n) is 8.34. The summed E-state index contributed by atoms with van der Waals surface area (Å²) in [6.07, 6.45) is 3.08. The zero-order chi connectivity index (χ0) is 17.7. The van der Waals surface area contributed by atoms with Crippen LogP contribution in [-0.2, 0) is 10.2 Å². The Balaban J connectivity index is 1.40. The minimum atomic E-state index is -0.624. The standard InChI is InChI=1S/C19H15N3O3S/c1-11-20-13-9-12(4-5-16(13)26-11)21-18(23)19(6-7-19)17-10-15(25-22-17)14-3-2-8-24-14/h2-5,8-10H,6-7H2,1H3,(H,21,23). The van der Waals surface area contributed by atoms with Gasteiger partial charge in [-0.1, -0.05) is 5.16 Å². The first-order valence-corrected chi connectivity index (χ1v) is 9.15. The summed E-state index contributed by atoms with van der Waals surface area (Å²) in [5, 5.41) is 8.13. The van der Waals surface area contributed by atoms with E-state index < -0.39 is 5.41 Å². The molecule has 1 aromatic carbocycles. The van der Waals surface area contributed by atoms with E-state index in [2.05, 4.69) is 15.5 Å². The maximum absolute atomic E-state index is 12.9. The summed E-state index contributed by atoms with van der Waals surface area (Å²) in [6, 6.07) is 11.2. The Morgan fingerprint density at radius 1 is 1.23 bits per heavy atom. The van der Waals surface area contributed by atoms with Gasteiger partial charge in [0.15, 0.2) is 5.76 Å². The molecule has 26 heavy (non-hydrogen) atoms. The lowest BCUT2D eigenvalue weighted by Crippen LogP contribution is -2.28. The maximum Gasteiger partial charge on any atom is 0.236 e. The Bertz CT molecular complexity index is 1110. The number of nitrogens with zero attached hydrogens (tertiary/aromatic N) is 2. The van der Waals surface area contributed by atoms with Gasteiger partial charge in [-0.2, -0.15) is 0 Å². The summed E-state index contributed by atoms with van der Waals surface area (Å²) in [5.41, 5.74) is 1.67. The van der Waals surface area contributed by atoms with E-state index in [-0.39, 0.29) is 5.91 Å². The number of hydrogen-bond donors (Lipinski definition) is 1. The van der Waals surface area contributed by atoms with Crippen molar-refractivity contribution in [3.8, 4) is 11.5 Å². The highest BCUT2D eigenvalue weighted by molar-refractivity contribution is 7.18. The number of hydrogen-bond acceptors (Lipinski definition) is 6. The fraction of sp³-hybridized carbons (Fsp3) is 0.211. The second kappa shape index (κ2) is 5.54. The van der Waals surface area contributed by atoms with Crippen LogP contribution in [0.25, 0.3) is 21.7 Å². The van der Waals surface area contributed by atoms with Gasteiger partial charge >= 0.3 is 0 Å². The predicted molar refractivity (Wildman–Crippen MR) is 98.1 cm³/mol. The van der Waals surface area contributed by atoms with E-state index in [0.717, 1.165) is 33.8 Å². The van der Waals surface area contributed by atoms with Gasteiger partial charge in [-0.25, -0.2) is 4.98 Å². The molecule has 6 nitrogen and oxygen atoms in total. The average molecular weight is 365 g/mol. The van der Waals surface area contributed by atoms with Crippen LogP contribution >= 0.6 is 11.3 Å². The first-order chi connectivity index (χ1) is 12.6. The van der Waals surface area contributed by atoms with Gasteiger partial charge in [0.1, 0.15) is 0 Å². The molecule has 0 saturated heterocycles. The fourth-order valence-electron chi connectivity index (χ4n) is 3.13. The van der Waals surface area contributed by atoms with Crippen molar-refractivity contribution >= 4 is 33.1 Å². The highest BCUT2D eigenvalue weighted by Gasteiger charge is 2.54. The number of rotatable bonds is 4. The molecule has 130 valence electrons. The molecule has 0 unspecified atom stereocenters. The molecule has 3 heterocycles. The largest absolute Gasteiger partial charge is 0.461 e. The molecule has 0 atom stereocenters. The highest BCUT2D eigenvalue weighted by Crippen LogP contribution is 2.49. The number of fused-ring (bicyclic) bond motifs is 1. The van der Waals surface area contributed by atoms with E-state index >= 15 is 0 Å². The third kappa shape index (κ3) is 2.43. The van der Waals surface area contributed by atoms with Crippen LogP contribution in [0.15, 0.2) is 51.6 Å². The molecule has 1 aliphatic rings. The van der Waals surface area contributed by atoms with Crippen LogP contribution < -0.4 is 5.32 Å². The summed E-state index contributed by atoms with van der Waals surface area (Å²) in [7, 11) is 0. The number of nitrogens with one attached hydrogen (secondary N) is 1. The number of aryl methyl sites for hydroxylation is 1. The molecule has 1 saturated carbocycles. The summed E-state index contributed by atoms with van der Waals surface area (Å²) in [5.74, 6) is 1.07. The molecule has 5 rings (SSSR count). The van der Waals surface area contributed by atoms with Crippen molar-refractivity contribution in [2.24, 2.45) is 0 Å². The van der Waals surface area contributed by atoms with Crippen molar-refractivity contribution in [3.63, 3.8) is 0 Å². The molecule has 1 N–H and O–H groups in total. The van der Waals surface area contributed by atoms with Gasteiger partial charge < -0.3 is 14.3 Å². The minimum Gasteiger partial charge on any atom is -0.461 e. The fourth-order valence-corrected chi connectivity index (χ4v) is 3.94. The van der Waals surface area contributed by atoms with Gasteiger partial charge in [-0.3, -0.25) is 4.79 Å². The quantitative estimate of drug-likeness (QED) is 0.575. The van der Waals surface area contributed by atoms with Crippen molar-refractivity contribution in [2.45, 2.75) is 25.2 Å². The number of furan rings is 1. The van der Waals surface area contributed by atoms with Crippen LogP contribution in [0.1, 0.15) is 23.5 Å². The molecule has 4 aromatic rings. The van der Waals surface area contributed by atoms with Crippen molar-refractivity contribution in [1.29, 1.82) is 0 Å². The number of anilines is 1. The molecule has 1 amide bonds. The lowest BCUT2D eigenvalue weighted by Gasteiger charge is -2.12. The molecule has 0 radical (unpaired) electrons. The number of carbonyl (C=O) groups excluding carboxylic acids is 1. The Morgan fingerprint density at radius 3 is 2.88 bits per heavy atom. The van der Waals surface area contributed by atoms with E-state index in [1.54, 1.807) is 35.8 Å². The Hall–Kier alpha value is -2.93. The average Bonchev–Trinajstić information content (AvgIpc) is 3.02.